The van der Waals surface area contributed by atoms with Gasteiger partial charge in [0.1, 0.15) is 0 Å². The second-order valence-corrected chi connectivity index (χ2v) is 8.79. The first-order valence-corrected chi connectivity index (χ1v) is 10.9. The number of hydrogen-bond acceptors (Lipinski definition) is 3. The van der Waals surface area contributed by atoms with E-state index in [2.05, 4.69) is 11.8 Å². The number of hydrogen-bond donors (Lipinski definition) is 0. The average Bonchev–Trinajstić information content (AvgIpc) is 2.73. The molecule has 2 unspecified atom stereocenters. The van der Waals surface area contributed by atoms with Crippen LogP contribution >= 0.6 is 11.6 Å². The van der Waals surface area contributed by atoms with Crippen LogP contribution in [0.1, 0.15) is 56.1 Å². The zero-order chi connectivity index (χ0) is 22.3. The molecule has 31 heavy (non-hydrogen) atoms. The predicted octanol–water partition coefficient (Wildman–Crippen LogP) is 6.12. The van der Waals surface area contributed by atoms with E-state index in [1.54, 1.807) is 6.08 Å². The van der Waals surface area contributed by atoms with E-state index in [0.29, 0.717) is 35.7 Å². The molecule has 2 aliphatic carbocycles. The zero-order valence-corrected chi connectivity index (χ0v) is 17.9. The minimum absolute atomic E-state index is 0.118. The fourth-order valence-corrected chi connectivity index (χ4v) is 4.89. The average molecular weight is 450 g/mol. The molecule has 1 aliphatic heterocycles. The van der Waals surface area contributed by atoms with Crippen molar-refractivity contribution in [2.75, 3.05) is 6.54 Å². The van der Waals surface area contributed by atoms with Crippen LogP contribution in [0.15, 0.2) is 58.4 Å². The Kier molecular flexibility index (Phi) is 5.86. The van der Waals surface area contributed by atoms with Gasteiger partial charge in [-0.15, -0.1) is 0 Å². The fourth-order valence-electron chi connectivity index (χ4n) is 4.67. The highest BCUT2D eigenvalue weighted by atomic mass is 35.5. The van der Waals surface area contributed by atoms with Crippen LogP contribution in [0.4, 0.5) is 13.2 Å². The summed E-state index contributed by atoms with van der Waals surface area (Å²) in [6.07, 6.45) is 2.06. The van der Waals surface area contributed by atoms with Gasteiger partial charge in [-0.2, -0.15) is 13.2 Å². The van der Waals surface area contributed by atoms with Crippen LogP contribution in [0.25, 0.3) is 0 Å². The van der Waals surface area contributed by atoms with Gasteiger partial charge in [0.2, 0.25) is 0 Å². The highest BCUT2D eigenvalue weighted by Gasteiger charge is 2.44. The first kappa shape index (κ1) is 21.9. The van der Waals surface area contributed by atoms with Gasteiger partial charge in [-0.05, 0) is 55.0 Å². The molecule has 1 aromatic carbocycles. The Bertz CT molecular complexity index is 1000. The molecule has 1 aromatic rings. The summed E-state index contributed by atoms with van der Waals surface area (Å²) in [5.74, 6) is -1.12. The van der Waals surface area contributed by atoms with Crippen LogP contribution in [0, 0.1) is 5.92 Å². The monoisotopic (exact) mass is 449 g/mol. The number of fused-ring (bicyclic) bond motifs is 1. The van der Waals surface area contributed by atoms with Crippen LogP contribution < -0.4 is 0 Å². The van der Waals surface area contributed by atoms with Crippen molar-refractivity contribution in [3.8, 4) is 0 Å². The standard InChI is InChI=1S/C24H23ClF3NO2/c1-2-3-10-29-19-9-8-17(25)13-18(19)23(31)22-20(29)11-15(12-21(22)30)14-4-6-16(7-5-14)24(26,27)28/h4-9,15,18H,2-3,10-13H2,1H3. The Morgan fingerprint density at radius 1 is 1.06 bits per heavy atom. The smallest absolute Gasteiger partial charge is 0.347 e. The summed E-state index contributed by atoms with van der Waals surface area (Å²) in [5, 5.41) is 0.590. The molecule has 0 spiro atoms. The quantitative estimate of drug-likeness (QED) is 0.520. The number of nitrogens with zero attached hydrogens (tertiary/aromatic N) is 1. The molecule has 7 heteroatoms. The maximum Gasteiger partial charge on any atom is 0.416 e. The number of rotatable bonds is 4. The lowest BCUT2D eigenvalue weighted by Gasteiger charge is -2.43. The van der Waals surface area contributed by atoms with E-state index in [1.165, 1.54) is 12.1 Å². The Labute approximate surface area is 184 Å². The third kappa shape index (κ3) is 4.10. The van der Waals surface area contributed by atoms with Crippen molar-refractivity contribution in [2.24, 2.45) is 5.92 Å². The number of alkyl halides is 3. The van der Waals surface area contributed by atoms with E-state index in [4.69, 9.17) is 11.6 Å². The van der Waals surface area contributed by atoms with Crippen LogP contribution in [-0.4, -0.2) is 23.0 Å². The number of halogens is 4. The van der Waals surface area contributed by atoms with Gasteiger partial charge in [0, 0.05) is 29.4 Å². The third-order valence-electron chi connectivity index (χ3n) is 6.28. The molecule has 0 bridgehead atoms. The lowest BCUT2D eigenvalue weighted by molar-refractivity contribution is -0.137. The molecule has 4 rings (SSSR count). The van der Waals surface area contributed by atoms with Crippen LogP contribution in [0.3, 0.4) is 0 Å². The second kappa shape index (κ2) is 8.30. The number of carbonyl (C=O) groups is 2. The molecular formula is C24H23ClF3NO2. The van der Waals surface area contributed by atoms with Gasteiger partial charge < -0.3 is 4.90 Å². The molecule has 3 nitrogen and oxygen atoms in total. The highest BCUT2D eigenvalue weighted by molar-refractivity contribution is 6.30. The first-order valence-electron chi connectivity index (χ1n) is 10.5. The summed E-state index contributed by atoms with van der Waals surface area (Å²) >= 11 is 6.18. The van der Waals surface area contributed by atoms with E-state index < -0.39 is 17.7 Å². The molecule has 0 amide bonds. The van der Waals surface area contributed by atoms with Crippen molar-refractivity contribution >= 4 is 23.2 Å². The summed E-state index contributed by atoms with van der Waals surface area (Å²) in [6.45, 7) is 2.76. The van der Waals surface area contributed by atoms with Gasteiger partial charge in [0.05, 0.1) is 17.1 Å². The summed E-state index contributed by atoms with van der Waals surface area (Å²) < 4.78 is 38.8. The number of unbranched alkanes of at least 4 members (excludes halogenated alkanes) is 1. The van der Waals surface area contributed by atoms with E-state index in [1.807, 2.05) is 6.08 Å². The molecular weight excluding hydrogens is 427 g/mol. The molecule has 0 N–H and O–H groups in total. The van der Waals surface area contributed by atoms with E-state index in [0.717, 1.165) is 30.7 Å². The topological polar surface area (TPSA) is 37.4 Å². The minimum Gasteiger partial charge on any atom is -0.347 e. The van der Waals surface area contributed by atoms with E-state index in [9.17, 15) is 22.8 Å². The number of carbonyl (C=O) groups excluding carboxylic acids is 2. The fraction of sp³-hybridized carbons (Fsp3) is 0.417. The van der Waals surface area contributed by atoms with Crippen molar-refractivity contribution in [3.63, 3.8) is 0 Å². The van der Waals surface area contributed by atoms with E-state index in [-0.39, 0.29) is 29.5 Å². The van der Waals surface area contributed by atoms with Crippen molar-refractivity contribution in [2.45, 2.75) is 51.1 Å². The highest BCUT2D eigenvalue weighted by Crippen LogP contribution is 2.46. The van der Waals surface area contributed by atoms with Gasteiger partial charge >= 0.3 is 6.18 Å². The van der Waals surface area contributed by atoms with Gasteiger partial charge in [0.25, 0.3) is 0 Å². The van der Waals surface area contributed by atoms with Gasteiger partial charge in [-0.25, -0.2) is 0 Å². The summed E-state index contributed by atoms with van der Waals surface area (Å²) in [6, 6.07) is 4.99. The Morgan fingerprint density at radius 3 is 2.42 bits per heavy atom. The van der Waals surface area contributed by atoms with E-state index >= 15 is 0 Å². The Hall–Kier alpha value is -2.34. The zero-order valence-electron chi connectivity index (χ0n) is 17.1. The van der Waals surface area contributed by atoms with Gasteiger partial charge in [-0.1, -0.05) is 37.1 Å². The summed E-state index contributed by atoms with van der Waals surface area (Å²) in [7, 11) is 0. The lowest BCUT2D eigenvalue weighted by atomic mass is 9.73. The largest absolute Gasteiger partial charge is 0.416 e. The minimum atomic E-state index is -4.40. The predicted molar refractivity (Wildman–Crippen MR) is 112 cm³/mol. The molecule has 0 aromatic heterocycles. The molecule has 0 saturated heterocycles. The molecule has 0 saturated carbocycles. The SMILES string of the molecule is CCCCN1C2=CC=C(Cl)CC2C(=O)C2=C1CC(c1ccc(C(F)(F)F)cc1)CC2=O. The summed E-state index contributed by atoms with van der Waals surface area (Å²) in [4.78, 5) is 28.4. The summed E-state index contributed by atoms with van der Waals surface area (Å²) in [5.41, 5.74) is 1.79. The van der Waals surface area contributed by atoms with Crippen molar-refractivity contribution in [1.82, 2.24) is 4.90 Å². The molecule has 3 aliphatic rings. The number of benzene rings is 1. The molecule has 164 valence electrons. The molecule has 0 radical (unpaired) electrons. The maximum absolute atomic E-state index is 13.2. The van der Waals surface area contributed by atoms with Crippen LogP contribution in [0.5, 0.6) is 0 Å². The van der Waals surface area contributed by atoms with Crippen molar-refractivity contribution in [3.05, 3.63) is 69.5 Å². The third-order valence-corrected chi connectivity index (χ3v) is 6.56. The Balaban J connectivity index is 1.71. The maximum atomic E-state index is 13.2. The van der Waals surface area contributed by atoms with Gasteiger partial charge in [0.15, 0.2) is 11.6 Å². The Morgan fingerprint density at radius 2 is 1.77 bits per heavy atom. The molecule has 1 heterocycles. The van der Waals surface area contributed by atoms with Crippen LogP contribution in [0.2, 0.25) is 0 Å². The number of Topliss-reactive ketones (excluding diaryl/α,β-unsaturated/α-hetero) is 2. The van der Waals surface area contributed by atoms with Crippen LogP contribution in [-0.2, 0) is 15.8 Å². The number of allylic oxidation sites excluding steroid dienone is 6. The molecule has 0 fully saturated rings. The second-order valence-electron chi connectivity index (χ2n) is 8.30. The lowest BCUT2D eigenvalue weighted by Crippen LogP contribution is -2.43. The van der Waals surface area contributed by atoms with Crippen molar-refractivity contribution in [1.29, 1.82) is 0 Å². The normalized spacial score (nSPS) is 24.0. The number of ketones is 2. The molecule has 2 atom stereocenters. The van der Waals surface area contributed by atoms with Gasteiger partial charge in [-0.3, -0.25) is 9.59 Å². The first-order chi connectivity index (χ1) is 14.7. The van der Waals surface area contributed by atoms with Crippen molar-refractivity contribution < 1.29 is 22.8 Å².